The lowest BCUT2D eigenvalue weighted by Gasteiger charge is -2.34. The van der Waals surface area contributed by atoms with Crippen LogP contribution in [0.2, 0.25) is 0 Å². The quantitative estimate of drug-likeness (QED) is 0.869. The first-order valence-electron chi connectivity index (χ1n) is 9.00. The average Bonchev–Trinajstić information content (AvgIpc) is 3.05. The van der Waals surface area contributed by atoms with E-state index in [2.05, 4.69) is 10.6 Å². The highest BCUT2D eigenvalue weighted by atomic mass is 16.5. The van der Waals surface area contributed by atoms with Gasteiger partial charge in [0.2, 0.25) is 5.91 Å². The van der Waals surface area contributed by atoms with E-state index >= 15 is 0 Å². The lowest BCUT2D eigenvalue weighted by atomic mass is 9.78. The molecular weight excluding hydrogens is 318 g/mol. The van der Waals surface area contributed by atoms with Crippen LogP contribution in [0.15, 0.2) is 30.3 Å². The van der Waals surface area contributed by atoms with Gasteiger partial charge >= 0.3 is 6.09 Å². The third-order valence-corrected chi connectivity index (χ3v) is 5.47. The van der Waals surface area contributed by atoms with Crippen LogP contribution in [0, 0.1) is 5.41 Å². The van der Waals surface area contributed by atoms with Crippen LogP contribution in [0.4, 0.5) is 4.79 Å². The summed E-state index contributed by atoms with van der Waals surface area (Å²) in [6, 6.07) is 9.17. The number of carbonyl (C=O) groups is 2. The van der Waals surface area contributed by atoms with Crippen LogP contribution in [0.1, 0.15) is 24.8 Å². The first-order chi connectivity index (χ1) is 12.1. The zero-order valence-electron chi connectivity index (χ0n) is 14.8. The zero-order chi connectivity index (χ0) is 17.7. The Balaban J connectivity index is 1.69. The van der Waals surface area contributed by atoms with E-state index in [9.17, 15) is 9.59 Å². The largest absolute Gasteiger partial charge is 0.453 e. The SMILES string of the molecule is COC(=O)NC(Cc1ccccc1)C(=O)N1CCC2(CCNCC2)C1. The summed E-state index contributed by atoms with van der Waals surface area (Å²) in [5.41, 5.74) is 1.27. The van der Waals surface area contributed by atoms with E-state index in [1.807, 2.05) is 35.2 Å². The number of hydrogen-bond acceptors (Lipinski definition) is 4. The van der Waals surface area contributed by atoms with Gasteiger partial charge in [-0.25, -0.2) is 4.79 Å². The average molecular weight is 345 g/mol. The molecule has 2 saturated heterocycles. The molecule has 1 spiro atoms. The van der Waals surface area contributed by atoms with Crippen molar-refractivity contribution in [1.82, 2.24) is 15.5 Å². The highest BCUT2D eigenvalue weighted by Crippen LogP contribution is 2.38. The number of carbonyl (C=O) groups excluding carboxylic acids is 2. The second kappa shape index (κ2) is 7.87. The first kappa shape index (κ1) is 17.7. The minimum absolute atomic E-state index is 0.00957. The van der Waals surface area contributed by atoms with Crippen molar-refractivity contribution in [2.24, 2.45) is 5.41 Å². The summed E-state index contributed by atoms with van der Waals surface area (Å²) in [6.45, 7) is 3.61. The molecule has 136 valence electrons. The van der Waals surface area contributed by atoms with Crippen molar-refractivity contribution in [1.29, 1.82) is 0 Å². The van der Waals surface area contributed by atoms with E-state index in [4.69, 9.17) is 4.74 Å². The molecule has 0 radical (unpaired) electrons. The molecule has 0 saturated carbocycles. The smallest absolute Gasteiger partial charge is 0.407 e. The molecule has 2 N–H and O–H groups in total. The summed E-state index contributed by atoms with van der Waals surface area (Å²) in [7, 11) is 1.32. The van der Waals surface area contributed by atoms with Crippen LogP contribution in [-0.2, 0) is 16.0 Å². The monoisotopic (exact) mass is 345 g/mol. The predicted octanol–water partition coefficient (Wildman–Crippen LogP) is 1.56. The fraction of sp³-hybridized carbons (Fsp3) is 0.579. The fourth-order valence-corrected chi connectivity index (χ4v) is 3.96. The standard InChI is InChI=1S/C19H27N3O3/c1-25-18(24)21-16(13-15-5-3-2-4-6-15)17(23)22-12-9-19(14-22)7-10-20-11-8-19/h2-6,16,20H,7-14H2,1H3,(H,21,24). The molecule has 3 rings (SSSR count). The molecule has 2 fully saturated rings. The number of amides is 2. The normalized spacial score (nSPS) is 20.3. The molecule has 1 unspecified atom stereocenters. The van der Waals surface area contributed by atoms with Gasteiger partial charge < -0.3 is 20.3 Å². The Hall–Kier alpha value is -2.08. The number of ether oxygens (including phenoxy) is 1. The molecule has 1 aromatic rings. The van der Waals surface area contributed by atoms with E-state index in [1.165, 1.54) is 7.11 Å². The van der Waals surface area contributed by atoms with Crippen molar-refractivity contribution in [2.45, 2.75) is 31.7 Å². The van der Waals surface area contributed by atoms with Crippen LogP contribution in [0.5, 0.6) is 0 Å². The van der Waals surface area contributed by atoms with Gasteiger partial charge in [-0.1, -0.05) is 30.3 Å². The first-order valence-corrected chi connectivity index (χ1v) is 9.00. The third-order valence-electron chi connectivity index (χ3n) is 5.47. The number of methoxy groups -OCH3 is 1. The second-order valence-electron chi connectivity index (χ2n) is 7.14. The number of benzene rings is 1. The molecule has 1 aromatic carbocycles. The number of nitrogens with one attached hydrogen (secondary N) is 2. The highest BCUT2D eigenvalue weighted by molar-refractivity contribution is 5.86. The second-order valence-corrected chi connectivity index (χ2v) is 7.14. The summed E-state index contributed by atoms with van der Waals surface area (Å²) >= 11 is 0. The van der Waals surface area contributed by atoms with Crippen molar-refractivity contribution in [3.05, 3.63) is 35.9 Å². The van der Waals surface area contributed by atoms with Gasteiger partial charge in [0, 0.05) is 19.5 Å². The van der Waals surface area contributed by atoms with Gasteiger partial charge in [0.25, 0.3) is 0 Å². The molecule has 6 heteroatoms. The van der Waals surface area contributed by atoms with Crippen LogP contribution in [0.25, 0.3) is 0 Å². The minimum Gasteiger partial charge on any atom is -0.453 e. The Bertz CT molecular complexity index is 599. The minimum atomic E-state index is -0.591. The fourth-order valence-electron chi connectivity index (χ4n) is 3.96. The Morgan fingerprint density at radius 1 is 1.24 bits per heavy atom. The summed E-state index contributed by atoms with van der Waals surface area (Å²) in [5.74, 6) is -0.00957. The van der Waals surface area contributed by atoms with E-state index in [1.54, 1.807) is 0 Å². The number of hydrogen-bond donors (Lipinski definition) is 2. The van der Waals surface area contributed by atoms with Crippen molar-refractivity contribution in [2.75, 3.05) is 33.3 Å². The molecule has 0 bridgehead atoms. The van der Waals surface area contributed by atoms with Gasteiger partial charge in [0.05, 0.1) is 7.11 Å². The number of alkyl carbamates (subject to hydrolysis) is 1. The van der Waals surface area contributed by atoms with E-state index in [-0.39, 0.29) is 11.3 Å². The van der Waals surface area contributed by atoms with E-state index in [0.717, 1.165) is 51.0 Å². The highest BCUT2D eigenvalue weighted by Gasteiger charge is 2.42. The van der Waals surface area contributed by atoms with Crippen LogP contribution < -0.4 is 10.6 Å². The number of nitrogens with zero attached hydrogens (tertiary/aromatic N) is 1. The molecule has 6 nitrogen and oxygen atoms in total. The Morgan fingerprint density at radius 3 is 2.64 bits per heavy atom. The molecule has 25 heavy (non-hydrogen) atoms. The summed E-state index contributed by atoms with van der Waals surface area (Å²) < 4.78 is 4.71. The van der Waals surface area contributed by atoms with Gasteiger partial charge in [0.1, 0.15) is 6.04 Å². The maximum absolute atomic E-state index is 13.1. The molecule has 0 aromatic heterocycles. The third kappa shape index (κ3) is 4.31. The Kier molecular flexibility index (Phi) is 5.58. The van der Waals surface area contributed by atoms with Crippen molar-refractivity contribution >= 4 is 12.0 Å². The topological polar surface area (TPSA) is 70.7 Å². The van der Waals surface area contributed by atoms with Crippen molar-refractivity contribution < 1.29 is 14.3 Å². The Labute approximate surface area is 148 Å². The molecule has 2 aliphatic rings. The molecule has 0 aliphatic carbocycles. The van der Waals surface area contributed by atoms with Gasteiger partial charge in [-0.2, -0.15) is 0 Å². The summed E-state index contributed by atoms with van der Waals surface area (Å²) in [6.07, 6.45) is 3.19. The van der Waals surface area contributed by atoms with E-state index < -0.39 is 12.1 Å². The maximum Gasteiger partial charge on any atom is 0.407 e. The molecular formula is C19H27N3O3. The van der Waals surface area contributed by atoms with Crippen LogP contribution in [0.3, 0.4) is 0 Å². The van der Waals surface area contributed by atoms with Gasteiger partial charge in [-0.3, -0.25) is 4.79 Å². The number of likely N-dealkylation sites (tertiary alicyclic amines) is 1. The van der Waals surface area contributed by atoms with Gasteiger partial charge in [-0.05, 0) is 43.3 Å². The van der Waals surface area contributed by atoms with Crippen molar-refractivity contribution in [3.8, 4) is 0 Å². The molecule has 2 heterocycles. The summed E-state index contributed by atoms with van der Waals surface area (Å²) in [4.78, 5) is 26.7. The van der Waals surface area contributed by atoms with Crippen LogP contribution in [-0.4, -0.2) is 56.2 Å². The van der Waals surface area contributed by atoms with Crippen molar-refractivity contribution in [3.63, 3.8) is 0 Å². The van der Waals surface area contributed by atoms with Gasteiger partial charge in [0.15, 0.2) is 0 Å². The summed E-state index contributed by atoms with van der Waals surface area (Å²) in [5, 5.41) is 6.11. The lowest BCUT2D eigenvalue weighted by molar-refractivity contribution is -0.132. The maximum atomic E-state index is 13.1. The zero-order valence-corrected chi connectivity index (χ0v) is 14.8. The molecule has 2 amide bonds. The van der Waals surface area contributed by atoms with Gasteiger partial charge in [-0.15, -0.1) is 0 Å². The van der Waals surface area contributed by atoms with E-state index in [0.29, 0.717) is 6.42 Å². The molecule has 1 atom stereocenters. The predicted molar refractivity (Wildman–Crippen MR) is 95.2 cm³/mol. The lowest BCUT2D eigenvalue weighted by Crippen LogP contribution is -2.50. The molecule has 2 aliphatic heterocycles. The van der Waals surface area contributed by atoms with Crippen LogP contribution >= 0.6 is 0 Å². The number of rotatable bonds is 4. The Morgan fingerprint density at radius 2 is 1.96 bits per heavy atom. The number of piperidine rings is 1.